The van der Waals surface area contributed by atoms with E-state index in [0.29, 0.717) is 23.1 Å². The summed E-state index contributed by atoms with van der Waals surface area (Å²) in [6, 6.07) is 12.4. The summed E-state index contributed by atoms with van der Waals surface area (Å²) in [4.78, 5) is 25.2. The van der Waals surface area contributed by atoms with Crippen LogP contribution in [0.25, 0.3) is 21.7 Å². The first-order chi connectivity index (χ1) is 8.81. The van der Waals surface area contributed by atoms with Crippen LogP contribution in [0.1, 0.15) is 0 Å². The zero-order valence-electron chi connectivity index (χ0n) is 9.34. The minimum Gasteiger partial charge on any atom is -0.428 e. The van der Waals surface area contributed by atoms with Gasteiger partial charge in [-0.05, 0) is 18.2 Å². The summed E-state index contributed by atoms with van der Waals surface area (Å²) in [5.41, 5.74) is 0.499. The third-order valence-corrected chi connectivity index (χ3v) is 2.89. The van der Waals surface area contributed by atoms with Gasteiger partial charge in [-0.3, -0.25) is 9.59 Å². The molecule has 0 unspecified atom stereocenters. The molecule has 0 radical (unpaired) electrons. The van der Waals surface area contributed by atoms with Crippen LogP contribution in [0.2, 0.25) is 0 Å². The van der Waals surface area contributed by atoms with Crippen LogP contribution in [-0.2, 0) is 4.79 Å². The molecular formula is C14H9NO3. The lowest BCUT2D eigenvalue weighted by molar-refractivity contribution is -0.120. The Morgan fingerprint density at radius 1 is 1.00 bits per heavy atom. The number of aromatic amines is 1. The molecule has 88 valence electrons. The monoisotopic (exact) mass is 239 g/mol. The van der Waals surface area contributed by atoms with Crippen LogP contribution in [0.3, 0.4) is 0 Å². The Balaban J connectivity index is 2.58. The Hall–Kier alpha value is -2.62. The molecule has 1 N–H and O–H groups in total. The molecular weight excluding hydrogens is 230 g/mol. The summed E-state index contributed by atoms with van der Waals surface area (Å²) in [7, 11) is 0. The summed E-state index contributed by atoms with van der Waals surface area (Å²) in [6.07, 6.45) is 0. The molecule has 0 aliphatic rings. The number of carbonyl (C=O) groups excluding carboxylic acids is 1. The molecule has 2 aromatic carbocycles. The van der Waals surface area contributed by atoms with Crippen LogP contribution < -0.4 is 10.3 Å². The number of hydrogen-bond donors (Lipinski definition) is 1. The first kappa shape index (κ1) is 10.5. The highest BCUT2D eigenvalue weighted by Gasteiger charge is 2.09. The molecule has 0 spiro atoms. The largest absolute Gasteiger partial charge is 0.428 e. The maximum Gasteiger partial charge on any atom is 0.298 e. The number of nitrogens with one attached hydrogen (secondary N) is 1. The number of carbonyl (C=O) groups is 1. The number of aromatic nitrogens is 1. The smallest absolute Gasteiger partial charge is 0.298 e. The second kappa shape index (κ2) is 4.00. The Morgan fingerprint density at radius 3 is 2.56 bits per heavy atom. The highest BCUT2D eigenvalue weighted by Crippen LogP contribution is 2.29. The lowest BCUT2D eigenvalue weighted by Crippen LogP contribution is -2.06. The molecule has 3 rings (SSSR count). The Morgan fingerprint density at radius 2 is 1.78 bits per heavy atom. The van der Waals surface area contributed by atoms with Gasteiger partial charge in [0, 0.05) is 16.2 Å². The van der Waals surface area contributed by atoms with E-state index in [1.54, 1.807) is 30.3 Å². The van der Waals surface area contributed by atoms with Crippen molar-refractivity contribution < 1.29 is 9.53 Å². The molecule has 0 saturated carbocycles. The van der Waals surface area contributed by atoms with E-state index in [0.717, 1.165) is 10.8 Å². The highest BCUT2D eigenvalue weighted by atomic mass is 16.5. The summed E-state index contributed by atoms with van der Waals surface area (Å²) < 4.78 is 4.96. The number of rotatable bonds is 2. The van der Waals surface area contributed by atoms with E-state index in [4.69, 9.17) is 4.74 Å². The third kappa shape index (κ3) is 1.47. The summed E-state index contributed by atoms with van der Waals surface area (Å²) in [6.45, 7) is 0.384. The number of H-pyrrole nitrogens is 1. The Labute approximate surface area is 102 Å². The van der Waals surface area contributed by atoms with Gasteiger partial charge < -0.3 is 9.72 Å². The van der Waals surface area contributed by atoms with E-state index in [1.807, 2.05) is 12.1 Å². The van der Waals surface area contributed by atoms with Crippen LogP contribution in [0.4, 0.5) is 0 Å². The van der Waals surface area contributed by atoms with Crippen molar-refractivity contribution in [3.63, 3.8) is 0 Å². The van der Waals surface area contributed by atoms with Gasteiger partial charge in [0.25, 0.3) is 12.0 Å². The fraction of sp³-hybridized carbons (Fsp3) is 0. The molecule has 0 bridgehead atoms. The van der Waals surface area contributed by atoms with Crippen LogP contribution in [0.5, 0.6) is 5.75 Å². The number of ether oxygens (including phenoxy) is 1. The average Bonchev–Trinajstić information content (AvgIpc) is 2.39. The number of hydrogen-bond acceptors (Lipinski definition) is 3. The van der Waals surface area contributed by atoms with Crippen molar-refractivity contribution in [2.24, 2.45) is 0 Å². The van der Waals surface area contributed by atoms with Gasteiger partial charge in [-0.2, -0.15) is 0 Å². The Bertz CT molecular complexity index is 805. The molecule has 0 fully saturated rings. The van der Waals surface area contributed by atoms with Crippen molar-refractivity contribution in [2.45, 2.75) is 0 Å². The molecule has 4 heteroatoms. The van der Waals surface area contributed by atoms with Gasteiger partial charge >= 0.3 is 0 Å². The predicted octanol–water partition coefficient (Wildman–Crippen LogP) is 2.22. The molecule has 18 heavy (non-hydrogen) atoms. The summed E-state index contributed by atoms with van der Waals surface area (Å²) >= 11 is 0. The normalized spacial score (nSPS) is 10.7. The molecule has 0 atom stereocenters. The fourth-order valence-corrected chi connectivity index (χ4v) is 2.15. The van der Waals surface area contributed by atoms with E-state index < -0.39 is 0 Å². The number of benzene rings is 2. The lowest BCUT2D eigenvalue weighted by atomic mass is 10.1. The molecule has 0 aliphatic carbocycles. The zero-order chi connectivity index (χ0) is 12.5. The van der Waals surface area contributed by atoms with Crippen molar-refractivity contribution in [3.05, 3.63) is 52.8 Å². The SMILES string of the molecule is O=COc1cccc2[nH]c(=O)c3ccccc3c12. The van der Waals surface area contributed by atoms with Crippen molar-refractivity contribution in [3.8, 4) is 5.75 Å². The van der Waals surface area contributed by atoms with Gasteiger partial charge in [-0.25, -0.2) is 0 Å². The molecule has 0 aliphatic heterocycles. The van der Waals surface area contributed by atoms with Gasteiger partial charge in [-0.15, -0.1) is 0 Å². The first-order valence-corrected chi connectivity index (χ1v) is 5.45. The molecule has 3 aromatic rings. The maximum atomic E-state index is 11.9. The highest BCUT2D eigenvalue weighted by molar-refractivity contribution is 6.08. The maximum absolute atomic E-state index is 11.9. The molecule has 1 heterocycles. The minimum atomic E-state index is -0.152. The average molecular weight is 239 g/mol. The quantitative estimate of drug-likeness (QED) is 0.551. The van der Waals surface area contributed by atoms with E-state index in [1.165, 1.54) is 0 Å². The van der Waals surface area contributed by atoms with Crippen molar-refractivity contribution in [1.29, 1.82) is 0 Å². The van der Waals surface area contributed by atoms with E-state index in [2.05, 4.69) is 4.98 Å². The topological polar surface area (TPSA) is 59.2 Å². The third-order valence-electron chi connectivity index (χ3n) is 2.89. The minimum absolute atomic E-state index is 0.152. The van der Waals surface area contributed by atoms with Crippen molar-refractivity contribution in [2.75, 3.05) is 0 Å². The van der Waals surface area contributed by atoms with Crippen LogP contribution in [-0.4, -0.2) is 11.5 Å². The second-order valence-electron chi connectivity index (χ2n) is 3.89. The van der Waals surface area contributed by atoms with Crippen molar-refractivity contribution >= 4 is 28.1 Å². The van der Waals surface area contributed by atoms with E-state index in [9.17, 15) is 9.59 Å². The van der Waals surface area contributed by atoms with E-state index >= 15 is 0 Å². The van der Waals surface area contributed by atoms with Gasteiger partial charge in [-0.1, -0.05) is 24.3 Å². The van der Waals surface area contributed by atoms with Gasteiger partial charge in [0.15, 0.2) is 0 Å². The standard InChI is InChI=1S/C14H9NO3/c16-8-18-12-7-3-6-11-13(12)9-4-1-2-5-10(9)14(17)15-11/h1-8H,(H,15,17). The van der Waals surface area contributed by atoms with Crippen LogP contribution in [0, 0.1) is 0 Å². The number of pyridine rings is 1. The predicted molar refractivity (Wildman–Crippen MR) is 68.8 cm³/mol. The lowest BCUT2D eigenvalue weighted by Gasteiger charge is -2.07. The van der Waals surface area contributed by atoms with Crippen LogP contribution >= 0.6 is 0 Å². The first-order valence-electron chi connectivity index (χ1n) is 5.45. The second-order valence-corrected chi connectivity index (χ2v) is 3.89. The van der Waals surface area contributed by atoms with E-state index in [-0.39, 0.29) is 5.56 Å². The Kier molecular flexibility index (Phi) is 2.34. The van der Waals surface area contributed by atoms with Crippen LogP contribution in [0.15, 0.2) is 47.3 Å². The zero-order valence-corrected chi connectivity index (χ0v) is 9.34. The fourth-order valence-electron chi connectivity index (χ4n) is 2.15. The van der Waals surface area contributed by atoms with Gasteiger partial charge in [0.05, 0.1) is 5.52 Å². The summed E-state index contributed by atoms with van der Waals surface area (Å²) in [5.74, 6) is 0.440. The van der Waals surface area contributed by atoms with Crippen molar-refractivity contribution in [1.82, 2.24) is 4.98 Å². The van der Waals surface area contributed by atoms with Gasteiger partial charge in [0.1, 0.15) is 5.75 Å². The van der Waals surface area contributed by atoms with Gasteiger partial charge in [0.2, 0.25) is 0 Å². The molecule has 0 saturated heterocycles. The molecule has 4 nitrogen and oxygen atoms in total. The summed E-state index contributed by atoms with van der Waals surface area (Å²) in [5, 5.41) is 2.08. The number of fused-ring (bicyclic) bond motifs is 3. The molecule has 0 amide bonds. The molecule has 1 aromatic heterocycles.